The minimum atomic E-state index is -0.147. The number of amides is 3. The molecule has 192 valence electrons. The van der Waals surface area contributed by atoms with Crippen LogP contribution in [-0.2, 0) is 21.0 Å². The number of carbonyl (C=O) groups excluding carboxylic acids is 3. The first-order valence-electron chi connectivity index (χ1n) is 12.7. The number of rotatable bonds is 8. The molecular formula is C27H35N5O4. The number of hydrogen-bond donors (Lipinski definition) is 2. The standard InChI is InChI=1S/C27H35N5O4/c1-19(33)31-15-12-21(13-16-31)26(34)30-25-17-20(11-14-28-25)18-29-24-10-6-5-9-23(24)27(35)32(36-2)22-7-3-4-8-22/h5-6,9-11,14,17,21-22,29H,3-4,7-8,12-13,15-16,18H2,1-2H3,(H,28,30,34). The number of anilines is 2. The van der Waals surface area contributed by atoms with E-state index in [9.17, 15) is 14.4 Å². The molecule has 1 aromatic heterocycles. The van der Waals surface area contributed by atoms with E-state index in [4.69, 9.17) is 4.84 Å². The number of likely N-dealkylation sites (tertiary alicyclic amines) is 1. The molecule has 0 unspecified atom stereocenters. The Balaban J connectivity index is 1.37. The fourth-order valence-electron chi connectivity index (χ4n) is 5.01. The van der Waals surface area contributed by atoms with Gasteiger partial charge in [0.25, 0.3) is 5.91 Å². The molecule has 0 radical (unpaired) electrons. The topological polar surface area (TPSA) is 104 Å². The van der Waals surface area contributed by atoms with Crippen LogP contribution >= 0.6 is 0 Å². The van der Waals surface area contributed by atoms with Gasteiger partial charge in [-0.1, -0.05) is 25.0 Å². The predicted octanol–water partition coefficient (Wildman–Crippen LogP) is 3.84. The number of para-hydroxylation sites is 1. The summed E-state index contributed by atoms with van der Waals surface area (Å²) in [5.41, 5.74) is 2.21. The maximum Gasteiger partial charge on any atom is 0.279 e. The number of nitrogens with zero attached hydrogens (tertiary/aromatic N) is 3. The lowest BCUT2D eigenvalue weighted by molar-refractivity contribution is -0.132. The molecule has 2 fully saturated rings. The predicted molar refractivity (Wildman–Crippen MR) is 137 cm³/mol. The third kappa shape index (κ3) is 6.20. The van der Waals surface area contributed by atoms with Crippen molar-refractivity contribution in [3.8, 4) is 0 Å². The van der Waals surface area contributed by atoms with E-state index in [1.54, 1.807) is 31.2 Å². The lowest BCUT2D eigenvalue weighted by Crippen LogP contribution is -2.40. The summed E-state index contributed by atoms with van der Waals surface area (Å²) in [6, 6.07) is 11.2. The third-order valence-electron chi connectivity index (χ3n) is 7.08. The van der Waals surface area contributed by atoms with Crippen molar-refractivity contribution in [2.75, 3.05) is 30.8 Å². The van der Waals surface area contributed by atoms with E-state index in [-0.39, 0.29) is 29.7 Å². The van der Waals surface area contributed by atoms with Gasteiger partial charge < -0.3 is 15.5 Å². The second kappa shape index (κ2) is 12.0. The van der Waals surface area contributed by atoms with Gasteiger partial charge in [0.05, 0.1) is 18.7 Å². The van der Waals surface area contributed by atoms with Crippen LogP contribution in [0.5, 0.6) is 0 Å². The van der Waals surface area contributed by atoms with E-state index in [0.29, 0.717) is 43.9 Å². The molecule has 1 saturated carbocycles. The molecule has 0 atom stereocenters. The van der Waals surface area contributed by atoms with Gasteiger partial charge >= 0.3 is 0 Å². The zero-order valence-corrected chi connectivity index (χ0v) is 21.0. The second-order valence-corrected chi connectivity index (χ2v) is 9.47. The molecule has 0 spiro atoms. The Bertz CT molecular complexity index is 1080. The van der Waals surface area contributed by atoms with Gasteiger partial charge in [-0.3, -0.25) is 19.2 Å². The van der Waals surface area contributed by atoms with Crippen molar-refractivity contribution in [3.05, 3.63) is 53.7 Å². The van der Waals surface area contributed by atoms with Crippen LogP contribution in [0.1, 0.15) is 61.4 Å². The maximum atomic E-state index is 13.3. The average molecular weight is 494 g/mol. The quantitative estimate of drug-likeness (QED) is 0.542. The summed E-state index contributed by atoms with van der Waals surface area (Å²) in [6.45, 7) is 3.22. The highest BCUT2D eigenvalue weighted by molar-refractivity contribution is 5.99. The Hall–Kier alpha value is -3.46. The van der Waals surface area contributed by atoms with Crippen LogP contribution in [0.2, 0.25) is 0 Å². The average Bonchev–Trinajstić information content (AvgIpc) is 3.43. The van der Waals surface area contributed by atoms with E-state index < -0.39 is 0 Å². The number of aromatic nitrogens is 1. The minimum Gasteiger partial charge on any atom is -0.380 e. The van der Waals surface area contributed by atoms with Gasteiger partial charge in [0.15, 0.2) is 0 Å². The van der Waals surface area contributed by atoms with Crippen molar-refractivity contribution in [2.24, 2.45) is 5.92 Å². The van der Waals surface area contributed by atoms with Gasteiger partial charge in [-0.25, -0.2) is 10.0 Å². The molecule has 9 heteroatoms. The number of benzene rings is 1. The maximum absolute atomic E-state index is 13.3. The number of nitrogens with one attached hydrogen (secondary N) is 2. The summed E-state index contributed by atoms with van der Waals surface area (Å²) in [5, 5.41) is 7.79. The molecule has 9 nitrogen and oxygen atoms in total. The first-order chi connectivity index (χ1) is 17.5. The van der Waals surface area contributed by atoms with Crippen LogP contribution in [0.3, 0.4) is 0 Å². The smallest absolute Gasteiger partial charge is 0.279 e. The lowest BCUT2D eigenvalue weighted by atomic mass is 9.96. The molecule has 3 amide bonds. The summed E-state index contributed by atoms with van der Waals surface area (Å²) in [4.78, 5) is 49.1. The van der Waals surface area contributed by atoms with Crippen LogP contribution in [0, 0.1) is 5.92 Å². The Morgan fingerprint density at radius 1 is 1.08 bits per heavy atom. The van der Waals surface area contributed by atoms with Gasteiger partial charge in [0.2, 0.25) is 11.8 Å². The van der Waals surface area contributed by atoms with Gasteiger partial charge in [-0.2, -0.15) is 0 Å². The molecule has 2 N–H and O–H groups in total. The number of carbonyl (C=O) groups is 3. The zero-order chi connectivity index (χ0) is 25.5. The van der Waals surface area contributed by atoms with E-state index in [1.165, 1.54) is 5.06 Å². The first kappa shape index (κ1) is 25.6. The number of hydroxylamine groups is 2. The van der Waals surface area contributed by atoms with Crippen LogP contribution < -0.4 is 10.6 Å². The molecule has 4 rings (SSSR count). The third-order valence-corrected chi connectivity index (χ3v) is 7.08. The van der Waals surface area contributed by atoms with Crippen LogP contribution in [0.4, 0.5) is 11.5 Å². The molecule has 1 aliphatic carbocycles. The molecule has 1 aromatic carbocycles. The zero-order valence-electron chi connectivity index (χ0n) is 21.0. The monoisotopic (exact) mass is 493 g/mol. The molecule has 2 aliphatic rings. The first-order valence-corrected chi connectivity index (χ1v) is 12.7. The highest BCUT2D eigenvalue weighted by Crippen LogP contribution is 2.27. The van der Waals surface area contributed by atoms with Gasteiger partial charge in [0.1, 0.15) is 5.82 Å². The fourth-order valence-corrected chi connectivity index (χ4v) is 5.01. The van der Waals surface area contributed by atoms with Crippen molar-refractivity contribution < 1.29 is 19.2 Å². The van der Waals surface area contributed by atoms with Crippen LogP contribution in [0.25, 0.3) is 0 Å². The van der Waals surface area contributed by atoms with E-state index in [2.05, 4.69) is 15.6 Å². The van der Waals surface area contributed by atoms with Crippen molar-refractivity contribution in [3.63, 3.8) is 0 Å². The number of pyridine rings is 1. The Labute approximate surface area is 212 Å². The highest BCUT2D eigenvalue weighted by atomic mass is 16.7. The van der Waals surface area contributed by atoms with E-state index >= 15 is 0 Å². The van der Waals surface area contributed by atoms with Crippen molar-refractivity contribution in [2.45, 2.75) is 58.0 Å². The lowest BCUT2D eigenvalue weighted by Gasteiger charge is -2.30. The summed E-state index contributed by atoms with van der Waals surface area (Å²) in [7, 11) is 1.55. The minimum absolute atomic E-state index is 0.0486. The summed E-state index contributed by atoms with van der Waals surface area (Å²) in [6.07, 6.45) is 7.09. The summed E-state index contributed by atoms with van der Waals surface area (Å²) in [5.74, 6) is 0.187. The molecule has 36 heavy (non-hydrogen) atoms. The molecule has 1 saturated heterocycles. The number of hydrogen-bond acceptors (Lipinski definition) is 6. The van der Waals surface area contributed by atoms with Gasteiger partial charge in [-0.05, 0) is 55.5 Å². The molecule has 2 heterocycles. The number of piperidine rings is 1. The normalized spacial score (nSPS) is 16.6. The summed E-state index contributed by atoms with van der Waals surface area (Å²) >= 11 is 0. The molecule has 2 aromatic rings. The molecule has 1 aliphatic heterocycles. The van der Waals surface area contributed by atoms with Crippen molar-refractivity contribution in [1.82, 2.24) is 14.9 Å². The highest BCUT2D eigenvalue weighted by Gasteiger charge is 2.29. The Morgan fingerprint density at radius 3 is 2.50 bits per heavy atom. The van der Waals surface area contributed by atoms with Crippen LogP contribution in [-0.4, -0.2) is 58.9 Å². The fraction of sp³-hybridized carbons (Fsp3) is 0.481. The molecular weight excluding hydrogens is 458 g/mol. The summed E-state index contributed by atoms with van der Waals surface area (Å²) < 4.78 is 0. The second-order valence-electron chi connectivity index (χ2n) is 9.47. The SMILES string of the molecule is CON(C(=O)c1ccccc1NCc1ccnc(NC(=O)C2CCN(C(C)=O)CC2)c1)C1CCCC1. The van der Waals surface area contributed by atoms with E-state index in [0.717, 1.165) is 36.9 Å². The Kier molecular flexibility index (Phi) is 8.53. The van der Waals surface area contributed by atoms with E-state index in [1.807, 2.05) is 30.3 Å². The van der Waals surface area contributed by atoms with Crippen molar-refractivity contribution in [1.29, 1.82) is 0 Å². The van der Waals surface area contributed by atoms with Crippen molar-refractivity contribution >= 4 is 29.2 Å². The molecule has 0 bridgehead atoms. The largest absolute Gasteiger partial charge is 0.380 e. The van der Waals surface area contributed by atoms with Crippen LogP contribution in [0.15, 0.2) is 42.6 Å². The van der Waals surface area contributed by atoms with Gasteiger partial charge in [0, 0.05) is 44.4 Å². The Morgan fingerprint density at radius 2 is 1.81 bits per heavy atom. The van der Waals surface area contributed by atoms with Gasteiger partial charge in [-0.15, -0.1) is 0 Å².